The van der Waals surface area contributed by atoms with Gasteiger partial charge in [-0.1, -0.05) is 35.9 Å². The number of pyridine rings is 1. The van der Waals surface area contributed by atoms with Gasteiger partial charge in [0, 0.05) is 87.1 Å². The molecule has 0 spiro atoms. The fourth-order valence-electron chi connectivity index (χ4n) is 6.21. The van der Waals surface area contributed by atoms with Crippen LogP contribution in [0.5, 0.6) is 5.88 Å². The van der Waals surface area contributed by atoms with Gasteiger partial charge in [-0.05, 0) is 31.4 Å². The van der Waals surface area contributed by atoms with Gasteiger partial charge in [-0.15, -0.1) is 0 Å². The molecule has 3 aromatic heterocycles. The lowest BCUT2D eigenvalue weighted by Gasteiger charge is -2.31. The monoisotopic (exact) mass is 646 g/mol. The zero-order chi connectivity index (χ0) is 32.4. The van der Waals surface area contributed by atoms with Crippen LogP contribution in [-0.2, 0) is 29.7 Å². The number of carbonyl (C=O) groups excluding carboxylic acids is 2. The molecule has 1 atom stereocenters. The summed E-state index contributed by atoms with van der Waals surface area (Å²) in [6.07, 6.45) is 4.95. The lowest BCUT2D eigenvalue weighted by atomic mass is 10.0. The molecular formula is C33H39ClN8O4. The first-order valence-corrected chi connectivity index (χ1v) is 16.0. The Morgan fingerprint density at radius 1 is 1.11 bits per heavy atom. The molecule has 2 fully saturated rings. The number of nitrogens with zero attached hydrogens (tertiary/aromatic N) is 5. The van der Waals surface area contributed by atoms with E-state index >= 15 is 0 Å². The Balaban J connectivity index is 1.19. The minimum Gasteiger partial charge on any atom is -0.481 e. The number of carbonyl (C=O) groups is 2. The van der Waals surface area contributed by atoms with Crippen LogP contribution in [0.2, 0.25) is 5.02 Å². The van der Waals surface area contributed by atoms with E-state index in [1.54, 1.807) is 30.2 Å². The van der Waals surface area contributed by atoms with E-state index in [0.717, 1.165) is 54.6 Å². The van der Waals surface area contributed by atoms with Crippen LogP contribution in [0, 0.1) is 0 Å². The molecule has 1 aromatic carbocycles. The highest BCUT2D eigenvalue weighted by molar-refractivity contribution is 6.36. The average molecular weight is 647 g/mol. The molecule has 0 bridgehead atoms. The smallest absolute Gasteiger partial charge is 0.277 e. The number of fused-ring (bicyclic) bond motifs is 1. The first kappa shape index (κ1) is 31.7. The lowest BCUT2D eigenvalue weighted by Crippen LogP contribution is -2.44. The highest BCUT2D eigenvalue weighted by atomic mass is 35.5. The van der Waals surface area contributed by atoms with Gasteiger partial charge in [0.1, 0.15) is 11.3 Å². The summed E-state index contributed by atoms with van der Waals surface area (Å²) in [6, 6.07) is 11.8. The third-order valence-electron chi connectivity index (χ3n) is 8.93. The topological polar surface area (TPSA) is 135 Å². The van der Waals surface area contributed by atoms with Gasteiger partial charge >= 0.3 is 0 Å². The number of halogens is 1. The van der Waals surface area contributed by atoms with E-state index in [-0.39, 0.29) is 29.5 Å². The highest BCUT2D eigenvalue weighted by Crippen LogP contribution is 2.37. The van der Waals surface area contributed by atoms with E-state index in [9.17, 15) is 14.4 Å². The van der Waals surface area contributed by atoms with Gasteiger partial charge in [-0.25, -0.2) is 9.50 Å². The maximum absolute atomic E-state index is 13.4. The standard InChI is InChI=1S/C33H39ClN8O4/c1-20(43)41-13-11-23(12-14-41)36-18-29-39-42-19-22(15-28(42)33(45)40(29)2)25-5-4-6-26(31(25)34)27-9-7-21(32(38-27)46-3)16-35-17-24-8-10-30(44)37-24/h4-7,9,15,19,23-24,35-36H,8,10-14,16-18H2,1-3H3,(H,37,44)/t24-/m0/s1. The third-order valence-corrected chi connectivity index (χ3v) is 9.34. The van der Waals surface area contributed by atoms with Crippen molar-refractivity contribution in [1.82, 2.24) is 40.0 Å². The summed E-state index contributed by atoms with van der Waals surface area (Å²) in [7, 11) is 3.32. The molecule has 3 N–H and O–H groups in total. The Hall–Kier alpha value is -4.26. The number of hydrogen-bond acceptors (Lipinski definition) is 8. The number of ether oxygens (including phenoxy) is 1. The third kappa shape index (κ3) is 6.64. The molecule has 0 saturated carbocycles. The number of hydrogen-bond donors (Lipinski definition) is 3. The van der Waals surface area contributed by atoms with E-state index in [0.29, 0.717) is 54.0 Å². The van der Waals surface area contributed by atoms with Crippen LogP contribution in [-0.4, -0.2) is 74.7 Å². The second-order valence-electron chi connectivity index (χ2n) is 12.0. The van der Waals surface area contributed by atoms with Crippen molar-refractivity contribution in [3.05, 3.63) is 69.4 Å². The number of piperidine rings is 1. The quantitative estimate of drug-likeness (QED) is 0.240. The van der Waals surface area contributed by atoms with Crippen LogP contribution in [0.15, 0.2) is 47.4 Å². The number of amides is 2. The molecule has 5 heterocycles. The minimum absolute atomic E-state index is 0.0959. The molecule has 46 heavy (non-hydrogen) atoms. The predicted octanol–water partition coefficient (Wildman–Crippen LogP) is 2.89. The normalized spacial score (nSPS) is 17.1. The molecule has 4 aromatic rings. The summed E-state index contributed by atoms with van der Waals surface area (Å²) in [5, 5.41) is 15.1. The van der Waals surface area contributed by atoms with Crippen LogP contribution < -0.4 is 26.2 Å². The van der Waals surface area contributed by atoms with Gasteiger partial charge in [0.2, 0.25) is 17.7 Å². The Morgan fingerprint density at radius 3 is 2.61 bits per heavy atom. The largest absolute Gasteiger partial charge is 0.481 e. The molecule has 0 unspecified atom stereocenters. The van der Waals surface area contributed by atoms with E-state index in [2.05, 4.69) is 16.0 Å². The molecule has 242 valence electrons. The summed E-state index contributed by atoms with van der Waals surface area (Å²) < 4.78 is 8.81. The average Bonchev–Trinajstić information content (AvgIpc) is 3.68. The Bertz CT molecular complexity index is 1830. The molecule has 13 heteroatoms. The number of benzene rings is 1. The van der Waals surface area contributed by atoms with Crippen molar-refractivity contribution in [2.24, 2.45) is 7.05 Å². The number of nitrogens with one attached hydrogen (secondary N) is 3. The molecule has 6 rings (SSSR count). The van der Waals surface area contributed by atoms with Crippen molar-refractivity contribution in [3.8, 4) is 28.3 Å². The summed E-state index contributed by atoms with van der Waals surface area (Å²) in [6.45, 7) is 4.72. The van der Waals surface area contributed by atoms with Gasteiger partial charge < -0.3 is 25.6 Å². The molecular weight excluding hydrogens is 608 g/mol. The maximum Gasteiger partial charge on any atom is 0.277 e. The summed E-state index contributed by atoms with van der Waals surface area (Å²) >= 11 is 7.00. The molecule has 12 nitrogen and oxygen atoms in total. The molecule has 0 radical (unpaired) electrons. The SMILES string of the molecule is COc1nc(-c2cccc(-c3cc4c(=O)n(C)c(CNC5CCN(C(C)=O)CC5)nn4c3)c2Cl)ccc1CNC[C@@H]1CCC(=O)N1. The van der Waals surface area contributed by atoms with E-state index in [4.69, 9.17) is 26.4 Å². The van der Waals surface area contributed by atoms with Crippen molar-refractivity contribution in [1.29, 1.82) is 0 Å². The Morgan fingerprint density at radius 2 is 1.89 bits per heavy atom. The van der Waals surface area contributed by atoms with Crippen LogP contribution in [0.25, 0.3) is 27.9 Å². The van der Waals surface area contributed by atoms with E-state index < -0.39 is 0 Å². The highest BCUT2D eigenvalue weighted by Gasteiger charge is 2.22. The molecule has 2 saturated heterocycles. The van der Waals surface area contributed by atoms with E-state index in [1.165, 1.54) is 0 Å². The molecule has 2 aliphatic heterocycles. The number of methoxy groups -OCH3 is 1. The Kier molecular flexibility index (Phi) is 9.39. The van der Waals surface area contributed by atoms with Gasteiger partial charge in [0.05, 0.1) is 24.4 Å². The number of aromatic nitrogens is 4. The molecule has 0 aliphatic carbocycles. The summed E-state index contributed by atoms with van der Waals surface area (Å²) in [5.74, 6) is 1.31. The van der Waals surface area contributed by atoms with Gasteiger partial charge in [0.15, 0.2) is 0 Å². The zero-order valence-electron chi connectivity index (χ0n) is 26.3. The van der Waals surface area contributed by atoms with Crippen molar-refractivity contribution in [3.63, 3.8) is 0 Å². The van der Waals surface area contributed by atoms with Crippen LogP contribution in [0.4, 0.5) is 0 Å². The predicted molar refractivity (Wildman–Crippen MR) is 176 cm³/mol. The Labute approximate surface area is 272 Å². The minimum atomic E-state index is -0.150. The van der Waals surface area contributed by atoms with Crippen molar-refractivity contribution in [2.75, 3.05) is 26.7 Å². The first-order valence-electron chi connectivity index (χ1n) is 15.6. The molecule has 2 amide bonds. The second-order valence-corrected chi connectivity index (χ2v) is 12.3. The first-order chi connectivity index (χ1) is 22.2. The number of rotatable bonds is 10. The van der Waals surface area contributed by atoms with Gasteiger partial charge in [-0.2, -0.15) is 5.10 Å². The fourth-order valence-corrected chi connectivity index (χ4v) is 6.54. The summed E-state index contributed by atoms with van der Waals surface area (Å²) in [5.41, 5.74) is 4.13. The molecule has 2 aliphatic rings. The van der Waals surface area contributed by atoms with Gasteiger partial charge in [0.25, 0.3) is 5.56 Å². The van der Waals surface area contributed by atoms with Crippen LogP contribution >= 0.6 is 11.6 Å². The zero-order valence-corrected chi connectivity index (χ0v) is 27.1. The van der Waals surface area contributed by atoms with Crippen molar-refractivity contribution >= 4 is 28.9 Å². The second kappa shape index (κ2) is 13.6. The fraction of sp³-hybridized carbons (Fsp3) is 0.424. The lowest BCUT2D eigenvalue weighted by molar-refractivity contribution is -0.130. The summed E-state index contributed by atoms with van der Waals surface area (Å²) in [4.78, 5) is 43.1. The number of likely N-dealkylation sites (tertiary alicyclic amines) is 1. The van der Waals surface area contributed by atoms with E-state index in [1.807, 2.05) is 47.5 Å². The van der Waals surface area contributed by atoms with Crippen molar-refractivity contribution in [2.45, 2.75) is 57.8 Å². The van der Waals surface area contributed by atoms with Crippen LogP contribution in [0.1, 0.15) is 44.0 Å². The van der Waals surface area contributed by atoms with Gasteiger partial charge in [-0.3, -0.25) is 19.0 Å². The maximum atomic E-state index is 13.4. The van der Waals surface area contributed by atoms with Crippen molar-refractivity contribution < 1.29 is 14.3 Å². The van der Waals surface area contributed by atoms with Crippen LogP contribution in [0.3, 0.4) is 0 Å².